The highest BCUT2D eigenvalue weighted by atomic mass is 32.2. The van der Waals surface area contributed by atoms with Crippen molar-refractivity contribution in [1.82, 2.24) is 4.31 Å². The largest absolute Gasteiger partial charge is 0.328 e. The van der Waals surface area contributed by atoms with Gasteiger partial charge in [0.2, 0.25) is 10.0 Å². The summed E-state index contributed by atoms with van der Waals surface area (Å²) in [5.41, 5.74) is 6.99. The van der Waals surface area contributed by atoms with Gasteiger partial charge in [-0.05, 0) is 43.4 Å². The topological polar surface area (TPSA) is 87.2 Å². The average Bonchev–Trinajstić information content (AvgIpc) is 2.47. The van der Waals surface area contributed by atoms with Crippen molar-refractivity contribution in [3.05, 3.63) is 35.4 Å². The molecule has 0 atom stereocenters. The van der Waals surface area contributed by atoms with Crippen LogP contribution in [0.1, 0.15) is 36.8 Å². The zero-order chi connectivity index (χ0) is 15.5. The predicted molar refractivity (Wildman–Crippen MR) is 81.8 cm³/mol. The molecule has 114 valence electrons. The maximum atomic E-state index is 12.5. The Labute approximate surface area is 126 Å². The van der Waals surface area contributed by atoms with Crippen molar-refractivity contribution in [2.75, 3.05) is 7.05 Å². The van der Waals surface area contributed by atoms with Crippen LogP contribution in [-0.2, 0) is 15.8 Å². The molecule has 0 aromatic heterocycles. The fraction of sp³-hybridized carbons (Fsp3) is 0.533. The molecule has 2 N–H and O–H groups in total. The number of nitrogens with zero attached hydrogens (tertiary/aromatic N) is 2. The van der Waals surface area contributed by atoms with E-state index in [1.54, 1.807) is 31.3 Å². The Morgan fingerprint density at radius 1 is 1.33 bits per heavy atom. The van der Waals surface area contributed by atoms with E-state index in [1.807, 2.05) is 6.07 Å². The lowest BCUT2D eigenvalue weighted by Crippen LogP contribution is -2.42. The van der Waals surface area contributed by atoms with Gasteiger partial charge < -0.3 is 5.73 Å². The molecule has 0 spiro atoms. The smallest absolute Gasteiger partial charge is 0.218 e. The molecule has 0 unspecified atom stereocenters. The summed E-state index contributed by atoms with van der Waals surface area (Å²) in [5.74, 6) is -0.0679. The molecule has 0 bridgehead atoms. The monoisotopic (exact) mass is 307 g/mol. The Balaban J connectivity index is 2.08. The Bertz CT molecular complexity index is 629. The molecule has 1 aromatic carbocycles. The molecule has 1 saturated carbocycles. The molecule has 1 aliphatic rings. The molecule has 0 aliphatic heterocycles. The Morgan fingerprint density at radius 2 is 2.00 bits per heavy atom. The molecule has 21 heavy (non-hydrogen) atoms. The normalized spacial score (nSPS) is 23.0. The molecule has 0 amide bonds. The number of rotatable bonds is 4. The first-order chi connectivity index (χ1) is 9.92. The molecule has 0 saturated heterocycles. The number of nitriles is 1. The van der Waals surface area contributed by atoms with Gasteiger partial charge in [-0.2, -0.15) is 5.26 Å². The second-order valence-corrected chi connectivity index (χ2v) is 7.68. The summed E-state index contributed by atoms with van der Waals surface area (Å²) in [6.45, 7) is 0. The van der Waals surface area contributed by atoms with Crippen molar-refractivity contribution in [2.45, 2.75) is 43.5 Å². The number of nitrogens with two attached hydrogens (primary N) is 1. The van der Waals surface area contributed by atoms with Crippen LogP contribution in [-0.4, -0.2) is 31.9 Å². The van der Waals surface area contributed by atoms with Gasteiger partial charge in [-0.3, -0.25) is 0 Å². The summed E-state index contributed by atoms with van der Waals surface area (Å²) in [5, 5.41) is 8.88. The van der Waals surface area contributed by atoms with Gasteiger partial charge in [0.25, 0.3) is 0 Å². The lowest BCUT2D eigenvalue weighted by Gasteiger charge is -2.32. The van der Waals surface area contributed by atoms with Crippen molar-refractivity contribution in [1.29, 1.82) is 5.26 Å². The van der Waals surface area contributed by atoms with Crippen LogP contribution in [0.5, 0.6) is 0 Å². The number of hydrogen-bond donors (Lipinski definition) is 1. The third-order valence-corrected chi connectivity index (χ3v) is 5.97. The van der Waals surface area contributed by atoms with Gasteiger partial charge in [-0.1, -0.05) is 12.1 Å². The summed E-state index contributed by atoms with van der Waals surface area (Å²) in [7, 11) is -1.73. The van der Waals surface area contributed by atoms with Gasteiger partial charge in [-0.25, -0.2) is 12.7 Å². The van der Waals surface area contributed by atoms with Gasteiger partial charge >= 0.3 is 0 Å². The fourth-order valence-corrected chi connectivity index (χ4v) is 4.20. The van der Waals surface area contributed by atoms with Gasteiger partial charge in [0.15, 0.2) is 0 Å². The number of hydrogen-bond acceptors (Lipinski definition) is 4. The molecular formula is C15H21N3O2S. The lowest BCUT2D eigenvalue weighted by atomic mass is 9.92. The van der Waals surface area contributed by atoms with Crippen molar-refractivity contribution < 1.29 is 8.42 Å². The minimum absolute atomic E-state index is 0.0361. The molecule has 0 radical (unpaired) electrons. The first-order valence-corrected chi connectivity index (χ1v) is 8.73. The number of benzene rings is 1. The van der Waals surface area contributed by atoms with E-state index in [4.69, 9.17) is 11.0 Å². The van der Waals surface area contributed by atoms with Crippen LogP contribution in [0.2, 0.25) is 0 Å². The van der Waals surface area contributed by atoms with Crippen LogP contribution in [0.4, 0.5) is 0 Å². The lowest BCUT2D eigenvalue weighted by molar-refractivity contribution is 0.268. The minimum atomic E-state index is -3.37. The summed E-state index contributed by atoms with van der Waals surface area (Å²) < 4.78 is 26.5. The van der Waals surface area contributed by atoms with E-state index in [0.717, 1.165) is 25.7 Å². The van der Waals surface area contributed by atoms with E-state index in [9.17, 15) is 8.42 Å². The molecule has 1 fully saturated rings. The Kier molecular flexibility index (Phi) is 4.99. The third-order valence-electron chi connectivity index (χ3n) is 4.10. The summed E-state index contributed by atoms with van der Waals surface area (Å²) >= 11 is 0. The number of sulfonamides is 1. The first-order valence-electron chi connectivity index (χ1n) is 7.12. The molecule has 6 heteroatoms. The van der Waals surface area contributed by atoms with E-state index in [2.05, 4.69) is 0 Å². The average molecular weight is 307 g/mol. The third kappa shape index (κ3) is 4.03. The van der Waals surface area contributed by atoms with E-state index in [-0.39, 0.29) is 17.8 Å². The van der Waals surface area contributed by atoms with Crippen LogP contribution in [0.25, 0.3) is 0 Å². The van der Waals surface area contributed by atoms with Gasteiger partial charge in [0.05, 0.1) is 17.4 Å². The highest BCUT2D eigenvalue weighted by molar-refractivity contribution is 7.88. The van der Waals surface area contributed by atoms with Crippen LogP contribution < -0.4 is 5.73 Å². The van der Waals surface area contributed by atoms with Crippen molar-refractivity contribution >= 4 is 10.0 Å². The summed E-state index contributed by atoms with van der Waals surface area (Å²) in [6, 6.07) is 9.01. The molecule has 1 aliphatic carbocycles. The van der Waals surface area contributed by atoms with E-state index >= 15 is 0 Å². The quantitative estimate of drug-likeness (QED) is 0.915. The Hall–Kier alpha value is -1.42. The standard InChI is InChI=1S/C15H21N3O2S/c1-18(15-7-5-14(17)6-8-15)21(19,20)11-13-4-2-3-12(9-13)10-16/h2-4,9,14-15H,5-8,11,17H2,1H3. The maximum Gasteiger partial charge on any atom is 0.218 e. The molecule has 5 nitrogen and oxygen atoms in total. The van der Waals surface area contributed by atoms with Crippen molar-refractivity contribution in [2.24, 2.45) is 5.73 Å². The van der Waals surface area contributed by atoms with Gasteiger partial charge in [-0.15, -0.1) is 0 Å². The van der Waals surface area contributed by atoms with E-state index in [0.29, 0.717) is 11.1 Å². The van der Waals surface area contributed by atoms with Crippen LogP contribution in [0, 0.1) is 11.3 Å². The highest BCUT2D eigenvalue weighted by Gasteiger charge is 2.29. The second-order valence-electron chi connectivity index (χ2n) is 5.65. The van der Waals surface area contributed by atoms with Crippen LogP contribution in [0.3, 0.4) is 0 Å². The Morgan fingerprint density at radius 3 is 2.62 bits per heavy atom. The van der Waals surface area contributed by atoms with E-state index < -0.39 is 10.0 Å². The predicted octanol–water partition coefficient (Wildman–Crippen LogP) is 1.59. The molecular weight excluding hydrogens is 286 g/mol. The first kappa shape index (κ1) is 16.0. The highest BCUT2D eigenvalue weighted by Crippen LogP contribution is 2.24. The minimum Gasteiger partial charge on any atom is -0.328 e. The van der Waals surface area contributed by atoms with Crippen LogP contribution >= 0.6 is 0 Å². The zero-order valence-corrected chi connectivity index (χ0v) is 13.0. The van der Waals surface area contributed by atoms with Gasteiger partial charge in [0.1, 0.15) is 0 Å². The zero-order valence-electron chi connectivity index (χ0n) is 12.2. The van der Waals surface area contributed by atoms with Gasteiger partial charge in [0, 0.05) is 19.1 Å². The fourth-order valence-electron chi connectivity index (χ4n) is 2.74. The van der Waals surface area contributed by atoms with E-state index in [1.165, 1.54) is 4.31 Å². The molecule has 2 rings (SSSR count). The van der Waals surface area contributed by atoms with Crippen LogP contribution in [0.15, 0.2) is 24.3 Å². The SMILES string of the molecule is CN(C1CCC(N)CC1)S(=O)(=O)Cc1cccc(C#N)c1. The summed E-state index contributed by atoms with van der Waals surface area (Å²) in [4.78, 5) is 0. The molecule has 1 aromatic rings. The second kappa shape index (κ2) is 6.56. The molecule has 0 heterocycles. The van der Waals surface area contributed by atoms with Crippen molar-refractivity contribution in [3.63, 3.8) is 0 Å². The maximum absolute atomic E-state index is 12.5. The summed E-state index contributed by atoms with van der Waals surface area (Å²) in [6.07, 6.45) is 3.37. The van der Waals surface area contributed by atoms with Crippen molar-refractivity contribution in [3.8, 4) is 6.07 Å².